The van der Waals surface area contributed by atoms with Crippen LogP contribution in [0.5, 0.6) is 0 Å². The Morgan fingerprint density at radius 3 is 2.44 bits per heavy atom. The Labute approximate surface area is 145 Å². The quantitative estimate of drug-likeness (QED) is 0.765. The van der Waals surface area contributed by atoms with Crippen LogP contribution in [0.3, 0.4) is 0 Å². The van der Waals surface area contributed by atoms with Gasteiger partial charge >= 0.3 is 0 Å². The van der Waals surface area contributed by atoms with Gasteiger partial charge in [0.2, 0.25) is 11.8 Å². The molecule has 6 rings (SSSR count). The van der Waals surface area contributed by atoms with Crippen LogP contribution in [0, 0.1) is 5.82 Å². The van der Waals surface area contributed by atoms with Crippen LogP contribution in [-0.2, 0) is 22.7 Å². The zero-order chi connectivity index (χ0) is 17.1. The molecule has 2 amide bonds. The third-order valence-electron chi connectivity index (χ3n) is 5.93. The van der Waals surface area contributed by atoms with Crippen molar-refractivity contribution in [1.82, 2.24) is 15.5 Å². The van der Waals surface area contributed by atoms with Crippen molar-refractivity contribution in [3.63, 3.8) is 0 Å². The number of fused-ring (bicyclic) bond motifs is 3. The van der Waals surface area contributed by atoms with E-state index in [1.165, 1.54) is 6.42 Å². The van der Waals surface area contributed by atoms with Gasteiger partial charge in [0.1, 0.15) is 5.82 Å². The molecule has 0 aliphatic carbocycles. The third-order valence-corrected chi connectivity index (χ3v) is 5.93. The van der Waals surface area contributed by atoms with Gasteiger partial charge in [-0.15, -0.1) is 0 Å². The van der Waals surface area contributed by atoms with E-state index in [2.05, 4.69) is 15.5 Å². The van der Waals surface area contributed by atoms with Crippen LogP contribution >= 0.6 is 0 Å². The number of carbonyl (C=O) groups excluding carboxylic acids is 2. The van der Waals surface area contributed by atoms with E-state index in [0.29, 0.717) is 43.7 Å². The molecule has 3 unspecified atom stereocenters. The molecule has 132 valence electrons. The Bertz CT molecular complexity index is 752. The number of carbonyl (C=O) groups is 2. The summed E-state index contributed by atoms with van der Waals surface area (Å²) in [6.07, 6.45) is 2.09. The van der Waals surface area contributed by atoms with E-state index >= 15 is 0 Å². The Morgan fingerprint density at radius 1 is 1.08 bits per heavy atom. The third kappa shape index (κ3) is 2.53. The second kappa shape index (κ2) is 5.51. The number of benzene rings is 1. The minimum atomic E-state index is -0.302. The number of halogens is 1. The lowest BCUT2D eigenvalue weighted by atomic mass is 9.90. The zero-order valence-corrected chi connectivity index (χ0v) is 13.9. The number of nitrogens with zero attached hydrogens (tertiary/aromatic N) is 2. The van der Waals surface area contributed by atoms with Gasteiger partial charge in [0.15, 0.2) is 0 Å². The highest BCUT2D eigenvalue weighted by molar-refractivity contribution is 6.00. The molecule has 1 aromatic rings. The highest BCUT2D eigenvalue weighted by atomic mass is 19.1. The van der Waals surface area contributed by atoms with Gasteiger partial charge in [-0.1, -0.05) is 0 Å². The topological polar surface area (TPSA) is 64.7 Å². The average molecular weight is 344 g/mol. The first kappa shape index (κ1) is 15.3. The van der Waals surface area contributed by atoms with E-state index < -0.39 is 0 Å². The molecule has 2 N–H and O–H groups in total. The minimum absolute atomic E-state index is 0.176. The van der Waals surface area contributed by atoms with Crippen molar-refractivity contribution in [3.8, 4) is 0 Å². The minimum Gasteiger partial charge on any atom is -0.366 e. The smallest absolute Gasteiger partial charge is 0.243 e. The Hall–Kier alpha value is -1.99. The molecular weight excluding hydrogens is 323 g/mol. The predicted molar refractivity (Wildman–Crippen MR) is 89.4 cm³/mol. The first-order chi connectivity index (χ1) is 12.1. The van der Waals surface area contributed by atoms with Crippen molar-refractivity contribution in [2.45, 2.75) is 50.5 Å². The fourth-order valence-corrected chi connectivity index (χ4v) is 4.64. The van der Waals surface area contributed by atoms with Crippen molar-refractivity contribution >= 4 is 17.5 Å². The van der Waals surface area contributed by atoms with E-state index in [-0.39, 0.29) is 23.7 Å². The normalized spacial score (nSPS) is 31.6. The Kier molecular flexibility index (Phi) is 3.36. The molecule has 0 radical (unpaired) electrons. The highest BCUT2D eigenvalue weighted by Crippen LogP contribution is 2.34. The van der Waals surface area contributed by atoms with E-state index in [1.807, 2.05) is 11.0 Å². The van der Waals surface area contributed by atoms with Gasteiger partial charge in [-0.3, -0.25) is 19.8 Å². The maximum atomic E-state index is 14.7. The van der Waals surface area contributed by atoms with E-state index in [9.17, 15) is 14.0 Å². The number of piperidine rings is 2. The van der Waals surface area contributed by atoms with Gasteiger partial charge in [0, 0.05) is 44.7 Å². The van der Waals surface area contributed by atoms with Gasteiger partial charge in [-0.2, -0.15) is 0 Å². The molecule has 2 bridgehead atoms. The second-order valence-electron chi connectivity index (χ2n) is 7.65. The highest BCUT2D eigenvalue weighted by Gasteiger charge is 2.38. The van der Waals surface area contributed by atoms with Crippen molar-refractivity contribution in [2.24, 2.45) is 0 Å². The number of piperazine rings is 1. The SMILES string of the molecule is O=C1CCC(N2Cc3cc(F)c(N4CC5CC(C4)N5)cc3C2)C(=O)N1. The molecule has 5 aliphatic heterocycles. The predicted octanol–water partition coefficient (Wildman–Crippen LogP) is 0.497. The molecule has 4 fully saturated rings. The lowest BCUT2D eigenvalue weighted by molar-refractivity contribution is -0.137. The molecule has 0 saturated carbocycles. The van der Waals surface area contributed by atoms with Crippen molar-refractivity contribution < 1.29 is 14.0 Å². The summed E-state index contributed by atoms with van der Waals surface area (Å²) in [7, 11) is 0. The van der Waals surface area contributed by atoms with Crippen molar-refractivity contribution in [2.75, 3.05) is 18.0 Å². The number of hydrogen-bond acceptors (Lipinski definition) is 5. The molecule has 3 atom stereocenters. The second-order valence-corrected chi connectivity index (χ2v) is 7.65. The molecule has 5 heterocycles. The van der Waals surface area contributed by atoms with E-state index in [0.717, 1.165) is 24.2 Å². The van der Waals surface area contributed by atoms with Crippen molar-refractivity contribution in [1.29, 1.82) is 0 Å². The molecule has 0 spiro atoms. The Balaban J connectivity index is 1.36. The number of nitrogens with one attached hydrogen (secondary N) is 2. The summed E-state index contributed by atoms with van der Waals surface area (Å²) >= 11 is 0. The number of imide groups is 1. The van der Waals surface area contributed by atoms with E-state index in [4.69, 9.17) is 0 Å². The van der Waals surface area contributed by atoms with Crippen LogP contribution in [0.2, 0.25) is 0 Å². The first-order valence-electron chi connectivity index (χ1n) is 8.97. The zero-order valence-electron chi connectivity index (χ0n) is 13.9. The number of hydrogen-bond donors (Lipinski definition) is 2. The molecule has 6 nitrogen and oxygen atoms in total. The lowest BCUT2D eigenvalue weighted by Crippen LogP contribution is -2.67. The van der Waals surface area contributed by atoms with Crippen LogP contribution in [0.1, 0.15) is 30.4 Å². The van der Waals surface area contributed by atoms with Crippen LogP contribution < -0.4 is 15.5 Å². The number of anilines is 1. The van der Waals surface area contributed by atoms with Crippen molar-refractivity contribution in [3.05, 3.63) is 29.1 Å². The van der Waals surface area contributed by atoms with Gasteiger partial charge in [0.25, 0.3) is 0 Å². The summed E-state index contributed by atoms with van der Waals surface area (Å²) in [5.74, 6) is -0.610. The maximum Gasteiger partial charge on any atom is 0.243 e. The van der Waals surface area contributed by atoms with Crippen LogP contribution in [-0.4, -0.2) is 47.9 Å². The summed E-state index contributed by atoms with van der Waals surface area (Å²) in [5, 5.41) is 5.87. The summed E-state index contributed by atoms with van der Waals surface area (Å²) in [4.78, 5) is 27.6. The standard InChI is InChI=1S/C18H21FN4O2/c19-14-3-10-6-22(15-1-2-17(24)21-18(15)25)7-11(10)4-16(14)23-8-12-5-13(9-23)20-12/h3-4,12-13,15,20H,1-2,5-9H2,(H,21,24,25). The Morgan fingerprint density at radius 2 is 1.76 bits per heavy atom. The first-order valence-corrected chi connectivity index (χ1v) is 8.97. The molecule has 4 saturated heterocycles. The largest absolute Gasteiger partial charge is 0.366 e. The molecule has 25 heavy (non-hydrogen) atoms. The fraction of sp³-hybridized carbons (Fsp3) is 0.556. The monoisotopic (exact) mass is 344 g/mol. The molecule has 0 aromatic heterocycles. The van der Waals surface area contributed by atoms with Gasteiger partial charge in [0.05, 0.1) is 11.7 Å². The van der Waals surface area contributed by atoms with Gasteiger partial charge in [-0.05, 0) is 36.1 Å². The lowest BCUT2D eigenvalue weighted by Gasteiger charge is -2.49. The molecule has 7 heteroatoms. The fourth-order valence-electron chi connectivity index (χ4n) is 4.64. The number of amides is 2. The molecular formula is C18H21FN4O2. The summed E-state index contributed by atoms with van der Waals surface area (Å²) < 4.78 is 14.7. The van der Waals surface area contributed by atoms with Gasteiger partial charge < -0.3 is 10.2 Å². The summed E-state index contributed by atoms with van der Waals surface area (Å²) in [5.41, 5.74) is 2.72. The summed E-state index contributed by atoms with van der Waals surface area (Å²) in [6.45, 7) is 2.89. The van der Waals surface area contributed by atoms with Crippen LogP contribution in [0.25, 0.3) is 0 Å². The summed E-state index contributed by atoms with van der Waals surface area (Å²) in [6, 6.07) is 4.24. The maximum absolute atomic E-state index is 14.7. The van der Waals surface area contributed by atoms with Gasteiger partial charge in [-0.25, -0.2) is 4.39 Å². The molecule has 1 aromatic carbocycles. The average Bonchev–Trinajstić information content (AvgIpc) is 2.95. The van der Waals surface area contributed by atoms with E-state index in [1.54, 1.807) is 6.07 Å². The molecule has 5 aliphatic rings. The number of rotatable bonds is 2. The van der Waals surface area contributed by atoms with Crippen LogP contribution in [0.4, 0.5) is 10.1 Å². The van der Waals surface area contributed by atoms with Crippen LogP contribution in [0.15, 0.2) is 12.1 Å².